The van der Waals surface area contributed by atoms with Gasteiger partial charge in [-0.25, -0.2) is 4.98 Å². The Morgan fingerprint density at radius 3 is 2.45 bits per heavy atom. The molecular formula is C16H18N2O4. The number of anilines is 1. The first-order chi connectivity index (χ1) is 10.5. The van der Waals surface area contributed by atoms with E-state index in [0.29, 0.717) is 36.6 Å². The lowest BCUT2D eigenvalue weighted by Gasteiger charge is -2.05. The van der Waals surface area contributed by atoms with Gasteiger partial charge in [0.25, 0.3) is 0 Å². The van der Waals surface area contributed by atoms with Crippen molar-refractivity contribution in [3.63, 3.8) is 0 Å². The lowest BCUT2D eigenvalue weighted by molar-refractivity contribution is -0.137. The molecule has 6 heteroatoms. The first-order valence-electron chi connectivity index (χ1n) is 7.09. The molecule has 2 aromatic rings. The maximum absolute atomic E-state index is 11.7. The van der Waals surface area contributed by atoms with Crippen molar-refractivity contribution >= 4 is 17.6 Å². The van der Waals surface area contributed by atoms with Crippen molar-refractivity contribution in [1.29, 1.82) is 0 Å². The Kier molecular flexibility index (Phi) is 5.30. The third-order valence-corrected chi connectivity index (χ3v) is 3.12. The molecule has 1 aromatic carbocycles. The second-order valence-corrected chi connectivity index (χ2v) is 4.97. The van der Waals surface area contributed by atoms with Crippen LogP contribution in [0.1, 0.15) is 31.6 Å². The van der Waals surface area contributed by atoms with Gasteiger partial charge in [-0.05, 0) is 37.1 Å². The zero-order valence-electron chi connectivity index (χ0n) is 12.3. The maximum atomic E-state index is 11.7. The zero-order valence-corrected chi connectivity index (χ0v) is 12.3. The van der Waals surface area contributed by atoms with Crippen molar-refractivity contribution in [3.05, 3.63) is 36.4 Å². The molecule has 1 aromatic heterocycles. The SMILES string of the molecule is Cc1ncc(-c2ccc(NC(=O)CCCCC(=O)O)cc2)o1. The fourth-order valence-electron chi connectivity index (χ4n) is 2.00. The molecule has 0 unspecified atom stereocenters. The van der Waals surface area contributed by atoms with Crippen LogP contribution in [-0.2, 0) is 9.59 Å². The van der Waals surface area contributed by atoms with Crippen LogP contribution >= 0.6 is 0 Å². The molecule has 0 fully saturated rings. The zero-order chi connectivity index (χ0) is 15.9. The smallest absolute Gasteiger partial charge is 0.303 e. The summed E-state index contributed by atoms with van der Waals surface area (Å²) in [6.45, 7) is 1.78. The van der Waals surface area contributed by atoms with Crippen LogP contribution in [0.15, 0.2) is 34.9 Å². The van der Waals surface area contributed by atoms with Crippen LogP contribution in [0.25, 0.3) is 11.3 Å². The van der Waals surface area contributed by atoms with Crippen molar-refractivity contribution < 1.29 is 19.1 Å². The molecule has 0 atom stereocenters. The number of rotatable bonds is 7. The quantitative estimate of drug-likeness (QED) is 0.766. The molecule has 0 radical (unpaired) electrons. The standard InChI is InChI=1S/C16H18N2O4/c1-11-17-10-14(22-11)12-6-8-13(9-7-12)18-15(19)4-2-3-5-16(20)21/h6-10H,2-5H2,1H3,(H,18,19)(H,20,21). The first kappa shape index (κ1) is 15.8. The van der Waals surface area contributed by atoms with Gasteiger partial charge in [-0.1, -0.05) is 0 Å². The summed E-state index contributed by atoms with van der Waals surface area (Å²) >= 11 is 0. The molecule has 0 spiro atoms. The van der Waals surface area contributed by atoms with Gasteiger partial charge >= 0.3 is 5.97 Å². The largest absolute Gasteiger partial charge is 0.481 e. The minimum Gasteiger partial charge on any atom is -0.481 e. The number of carboxylic acid groups (broad SMARTS) is 1. The second kappa shape index (κ2) is 7.40. The van der Waals surface area contributed by atoms with E-state index in [2.05, 4.69) is 10.3 Å². The predicted octanol–water partition coefficient (Wildman–Crippen LogP) is 3.23. The summed E-state index contributed by atoms with van der Waals surface area (Å²) in [6.07, 6.45) is 3.14. The average Bonchev–Trinajstić information content (AvgIpc) is 2.91. The highest BCUT2D eigenvalue weighted by atomic mass is 16.4. The van der Waals surface area contributed by atoms with Gasteiger partial charge in [0.15, 0.2) is 11.7 Å². The maximum Gasteiger partial charge on any atom is 0.303 e. The Bertz CT molecular complexity index is 646. The van der Waals surface area contributed by atoms with Crippen molar-refractivity contribution in [3.8, 4) is 11.3 Å². The van der Waals surface area contributed by atoms with E-state index in [0.717, 1.165) is 5.56 Å². The number of carbonyl (C=O) groups is 2. The van der Waals surface area contributed by atoms with Crippen LogP contribution < -0.4 is 5.32 Å². The van der Waals surface area contributed by atoms with Gasteiger partial charge in [0.1, 0.15) is 0 Å². The Labute approximate surface area is 128 Å². The first-order valence-corrected chi connectivity index (χ1v) is 7.09. The third kappa shape index (κ3) is 4.73. The van der Waals surface area contributed by atoms with E-state index >= 15 is 0 Å². The summed E-state index contributed by atoms with van der Waals surface area (Å²) in [4.78, 5) is 26.1. The van der Waals surface area contributed by atoms with E-state index in [1.165, 1.54) is 0 Å². The Morgan fingerprint density at radius 1 is 1.18 bits per heavy atom. The summed E-state index contributed by atoms with van der Waals surface area (Å²) in [5.41, 5.74) is 1.59. The number of aryl methyl sites for hydroxylation is 1. The van der Waals surface area contributed by atoms with Crippen molar-refractivity contribution in [2.75, 3.05) is 5.32 Å². The Balaban J connectivity index is 1.83. The van der Waals surface area contributed by atoms with Crippen molar-refractivity contribution in [1.82, 2.24) is 4.98 Å². The van der Waals surface area contributed by atoms with Gasteiger partial charge in [0, 0.05) is 31.0 Å². The molecule has 2 N–H and O–H groups in total. The molecule has 0 saturated heterocycles. The van der Waals surface area contributed by atoms with Crippen molar-refractivity contribution in [2.45, 2.75) is 32.6 Å². The summed E-state index contributed by atoms with van der Waals surface area (Å²) in [5, 5.41) is 11.3. The molecule has 1 amide bonds. The van der Waals surface area contributed by atoms with E-state index in [4.69, 9.17) is 9.52 Å². The van der Waals surface area contributed by atoms with Crippen molar-refractivity contribution in [2.24, 2.45) is 0 Å². The van der Waals surface area contributed by atoms with E-state index < -0.39 is 5.97 Å². The number of oxazole rings is 1. The number of amides is 1. The lowest BCUT2D eigenvalue weighted by atomic mass is 10.1. The van der Waals surface area contributed by atoms with Crippen LogP contribution in [-0.4, -0.2) is 22.0 Å². The minimum atomic E-state index is -0.835. The molecular weight excluding hydrogens is 284 g/mol. The van der Waals surface area contributed by atoms with Gasteiger partial charge in [0.05, 0.1) is 6.20 Å². The number of benzene rings is 1. The number of nitrogens with zero attached hydrogens (tertiary/aromatic N) is 1. The summed E-state index contributed by atoms with van der Waals surface area (Å²) in [6, 6.07) is 7.28. The van der Waals surface area contributed by atoms with E-state index in [9.17, 15) is 9.59 Å². The Morgan fingerprint density at radius 2 is 1.86 bits per heavy atom. The van der Waals surface area contributed by atoms with Crippen LogP contribution in [0.4, 0.5) is 5.69 Å². The highest BCUT2D eigenvalue weighted by Crippen LogP contribution is 2.22. The number of aliphatic carboxylic acids is 1. The van der Waals surface area contributed by atoms with Crippen LogP contribution in [0.2, 0.25) is 0 Å². The average molecular weight is 302 g/mol. The van der Waals surface area contributed by atoms with Crippen LogP contribution in [0, 0.1) is 6.92 Å². The minimum absolute atomic E-state index is 0.0958. The molecule has 22 heavy (non-hydrogen) atoms. The Hall–Kier alpha value is -2.63. The monoisotopic (exact) mass is 302 g/mol. The number of unbranched alkanes of at least 4 members (excludes halogenated alkanes) is 1. The third-order valence-electron chi connectivity index (χ3n) is 3.12. The predicted molar refractivity (Wildman–Crippen MR) is 81.4 cm³/mol. The van der Waals surface area contributed by atoms with Crippen LogP contribution in [0.3, 0.4) is 0 Å². The van der Waals surface area contributed by atoms with Gasteiger partial charge in [-0.3, -0.25) is 9.59 Å². The van der Waals surface area contributed by atoms with Gasteiger partial charge in [-0.2, -0.15) is 0 Å². The van der Waals surface area contributed by atoms with Gasteiger partial charge < -0.3 is 14.8 Å². The van der Waals surface area contributed by atoms with Gasteiger partial charge in [0.2, 0.25) is 5.91 Å². The topological polar surface area (TPSA) is 92.4 Å². The molecule has 0 aliphatic heterocycles. The molecule has 0 bridgehead atoms. The molecule has 116 valence electrons. The number of hydrogen-bond acceptors (Lipinski definition) is 4. The van der Waals surface area contributed by atoms with E-state index in [1.807, 2.05) is 12.1 Å². The summed E-state index contributed by atoms with van der Waals surface area (Å²) in [7, 11) is 0. The second-order valence-electron chi connectivity index (χ2n) is 4.97. The molecule has 0 aliphatic carbocycles. The number of nitrogens with one attached hydrogen (secondary N) is 1. The van der Waals surface area contributed by atoms with E-state index in [1.54, 1.807) is 25.3 Å². The molecule has 0 saturated carbocycles. The molecule has 0 aliphatic rings. The van der Waals surface area contributed by atoms with Crippen LogP contribution in [0.5, 0.6) is 0 Å². The number of aromatic nitrogens is 1. The lowest BCUT2D eigenvalue weighted by Crippen LogP contribution is -2.11. The number of carboxylic acids is 1. The summed E-state index contributed by atoms with van der Waals surface area (Å²) in [5.74, 6) is 0.338. The molecule has 1 heterocycles. The molecule has 2 rings (SSSR count). The molecule has 6 nitrogen and oxygen atoms in total. The highest BCUT2D eigenvalue weighted by molar-refractivity contribution is 5.90. The highest BCUT2D eigenvalue weighted by Gasteiger charge is 2.06. The fourth-order valence-corrected chi connectivity index (χ4v) is 2.00. The fraction of sp³-hybridized carbons (Fsp3) is 0.312. The van der Waals surface area contributed by atoms with Gasteiger partial charge in [-0.15, -0.1) is 0 Å². The number of carbonyl (C=O) groups excluding carboxylic acids is 1. The summed E-state index contributed by atoms with van der Waals surface area (Å²) < 4.78 is 5.43. The number of hydrogen-bond donors (Lipinski definition) is 2. The van der Waals surface area contributed by atoms with E-state index in [-0.39, 0.29) is 12.3 Å². The normalized spacial score (nSPS) is 10.4.